The molecule has 3 N–H and O–H groups in total. The molecule has 0 aliphatic carbocycles. The number of carbonyl (C=O) groups is 1. The van der Waals surface area contributed by atoms with Gasteiger partial charge in [-0.25, -0.2) is 8.78 Å². The first kappa shape index (κ1) is 14.8. The van der Waals surface area contributed by atoms with Crippen LogP contribution in [0.2, 0.25) is 0 Å². The lowest BCUT2D eigenvalue weighted by atomic mass is 9.99. The van der Waals surface area contributed by atoms with Crippen molar-refractivity contribution in [1.82, 2.24) is 0 Å². The smallest absolute Gasteiger partial charge is 0.308 e. The Morgan fingerprint density at radius 1 is 1.44 bits per heavy atom. The number of nitrogens with two attached hydrogens (primary N) is 1. The zero-order valence-electron chi connectivity index (χ0n) is 8.32. The molecule has 16 heavy (non-hydrogen) atoms. The molecule has 0 radical (unpaired) electrons. The fraction of sp³-hybridized carbons (Fsp3) is 0.300. The quantitative estimate of drug-likeness (QED) is 0.854. The van der Waals surface area contributed by atoms with Gasteiger partial charge < -0.3 is 10.8 Å². The van der Waals surface area contributed by atoms with Crippen molar-refractivity contribution < 1.29 is 18.7 Å². The van der Waals surface area contributed by atoms with Crippen LogP contribution >= 0.6 is 12.4 Å². The zero-order chi connectivity index (χ0) is 11.4. The monoisotopic (exact) mass is 251 g/mol. The molecule has 1 aromatic carbocycles. The van der Waals surface area contributed by atoms with E-state index < -0.39 is 23.5 Å². The van der Waals surface area contributed by atoms with Crippen LogP contribution in [-0.4, -0.2) is 17.6 Å². The summed E-state index contributed by atoms with van der Waals surface area (Å²) in [4.78, 5) is 10.6. The van der Waals surface area contributed by atoms with Crippen molar-refractivity contribution in [2.45, 2.75) is 6.42 Å². The minimum atomic E-state index is -1.11. The third kappa shape index (κ3) is 3.43. The minimum absolute atomic E-state index is 0. The van der Waals surface area contributed by atoms with Gasteiger partial charge >= 0.3 is 5.97 Å². The van der Waals surface area contributed by atoms with Crippen LogP contribution in [-0.2, 0) is 11.2 Å². The number of hydrogen-bond acceptors (Lipinski definition) is 2. The molecule has 0 aliphatic rings. The normalized spacial score (nSPS) is 11.7. The lowest BCUT2D eigenvalue weighted by Crippen LogP contribution is -2.25. The summed E-state index contributed by atoms with van der Waals surface area (Å²) in [5.74, 6) is -3.98. The van der Waals surface area contributed by atoms with Gasteiger partial charge in [-0.3, -0.25) is 4.79 Å². The lowest BCUT2D eigenvalue weighted by Gasteiger charge is -2.10. The Morgan fingerprint density at radius 3 is 2.56 bits per heavy atom. The zero-order valence-corrected chi connectivity index (χ0v) is 9.14. The summed E-state index contributed by atoms with van der Waals surface area (Å²) in [5.41, 5.74) is 5.25. The molecule has 0 unspecified atom stereocenters. The summed E-state index contributed by atoms with van der Waals surface area (Å²) < 4.78 is 25.9. The summed E-state index contributed by atoms with van der Waals surface area (Å²) in [7, 11) is 0. The van der Waals surface area contributed by atoms with Crippen LogP contribution in [0.1, 0.15) is 5.56 Å². The third-order valence-corrected chi connectivity index (χ3v) is 2.13. The summed E-state index contributed by atoms with van der Waals surface area (Å²) >= 11 is 0. The van der Waals surface area contributed by atoms with Crippen molar-refractivity contribution in [3.05, 3.63) is 35.4 Å². The van der Waals surface area contributed by atoms with Gasteiger partial charge in [0.25, 0.3) is 0 Å². The fourth-order valence-corrected chi connectivity index (χ4v) is 1.24. The van der Waals surface area contributed by atoms with Crippen molar-refractivity contribution in [2.75, 3.05) is 6.54 Å². The standard InChI is InChI=1S/C10H11F2NO2.ClH/c11-8-3-1-2-6(9(8)12)4-7(5-13)10(14)15;/h1-3,7H,4-5,13H2,(H,14,15);1H/t7-;/m1./s1. The molecular weight excluding hydrogens is 240 g/mol. The largest absolute Gasteiger partial charge is 0.481 e. The number of halogens is 3. The molecule has 0 heterocycles. The Morgan fingerprint density at radius 2 is 2.06 bits per heavy atom. The van der Waals surface area contributed by atoms with Crippen LogP contribution in [0.15, 0.2) is 18.2 Å². The van der Waals surface area contributed by atoms with Crippen LogP contribution in [0.4, 0.5) is 8.78 Å². The molecule has 0 spiro atoms. The Bertz CT molecular complexity index is 374. The molecular formula is C10H12ClF2NO2. The molecule has 1 rings (SSSR count). The Kier molecular flexibility index (Phi) is 5.92. The number of hydrogen-bond donors (Lipinski definition) is 2. The van der Waals surface area contributed by atoms with Gasteiger partial charge in [0.2, 0.25) is 0 Å². The van der Waals surface area contributed by atoms with E-state index >= 15 is 0 Å². The number of rotatable bonds is 4. The Balaban J connectivity index is 0.00000225. The molecule has 6 heteroatoms. The van der Waals surface area contributed by atoms with E-state index in [2.05, 4.69) is 0 Å². The third-order valence-electron chi connectivity index (χ3n) is 2.13. The van der Waals surface area contributed by atoms with E-state index in [0.29, 0.717) is 0 Å². The van der Waals surface area contributed by atoms with Gasteiger partial charge in [-0.1, -0.05) is 12.1 Å². The van der Waals surface area contributed by atoms with E-state index in [1.54, 1.807) is 0 Å². The molecule has 0 aliphatic heterocycles. The van der Waals surface area contributed by atoms with Gasteiger partial charge in [-0.05, 0) is 18.1 Å². The molecule has 0 fully saturated rings. The van der Waals surface area contributed by atoms with Crippen LogP contribution in [0.5, 0.6) is 0 Å². The van der Waals surface area contributed by atoms with E-state index in [0.717, 1.165) is 6.07 Å². The second kappa shape index (κ2) is 6.40. The van der Waals surface area contributed by atoms with Crippen LogP contribution in [0, 0.1) is 17.6 Å². The highest BCUT2D eigenvalue weighted by Gasteiger charge is 2.18. The molecule has 3 nitrogen and oxygen atoms in total. The fourth-order valence-electron chi connectivity index (χ4n) is 1.24. The Labute approximate surface area is 97.7 Å². The molecule has 0 aromatic heterocycles. The number of benzene rings is 1. The topological polar surface area (TPSA) is 63.3 Å². The maximum atomic E-state index is 13.2. The summed E-state index contributed by atoms with van der Waals surface area (Å²) in [6.07, 6.45) is -0.102. The predicted molar refractivity (Wildman–Crippen MR) is 57.5 cm³/mol. The highest BCUT2D eigenvalue weighted by molar-refractivity contribution is 5.85. The molecule has 0 saturated carbocycles. The highest BCUT2D eigenvalue weighted by Crippen LogP contribution is 2.15. The van der Waals surface area contributed by atoms with E-state index in [1.807, 2.05) is 0 Å². The first-order valence-electron chi connectivity index (χ1n) is 4.42. The lowest BCUT2D eigenvalue weighted by molar-refractivity contribution is -0.141. The predicted octanol–water partition coefficient (Wildman–Crippen LogP) is 1.59. The van der Waals surface area contributed by atoms with E-state index in [-0.39, 0.29) is 30.9 Å². The average Bonchev–Trinajstić information content (AvgIpc) is 2.19. The van der Waals surface area contributed by atoms with Gasteiger partial charge in [0.15, 0.2) is 11.6 Å². The maximum absolute atomic E-state index is 13.2. The van der Waals surface area contributed by atoms with Crippen molar-refractivity contribution in [3.63, 3.8) is 0 Å². The van der Waals surface area contributed by atoms with Crippen LogP contribution < -0.4 is 5.73 Å². The molecule has 0 amide bonds. The van der Waals surface area contributed by atoms with Crippen molar-refractivity contribution in [2.24, 2.45) is 11.7 Å². The minimum Gasteiger partial charge on any atom is -0.481 e. The van der Waals surface area contributed by atoms with Crippen LogP contribution in [0.25, 0.3) is 0 Å². The molecule has 1 atom stereocenters. The van der Waals surface area contributed by atoms with E-state index in [9.17, 15) is 13.6 Å². The maximum Gasteiger partial charge on any atom is 0.308 e. The van der Waals surface area contributed by atoms with Gasteiger partial charge in [-0.15, -0.1) is 12.4 Å². The summed E-state index contributed by atoms with van der Waals surface area (Å²) in [6.45, 7) is -0.106. The van der Waals surface area contributed by atoms with Crippen molar-refractivity contribution in [3.8, 4) is 0 Å². The highest BCUT2D eigenvalue weighted by atomic mass is 35.5. The second-order valence-electron chi connectivity index (χ2n) is 3.19. The molecule has 1 aromatic rings. The SMILES string of the molecule is Cl.NC[C@@H](Cc1cccc(F)c1F)C(=O)O. The van der Waals surface area contributed by atoms with E-state index in [4.69, 9.17) is 10.8 Å². The first-order chi connectivity index (χ1) is 7.06. The second-order valence-corrected chi connectivity index (χ2v) is 3.19. The van der Waals surface area contributed by atoms with Gasteiger partial charge in [0, 0.05) is 6.54 Å². The Hall–Kier alpha value is -1.20. The number of carboxylic acid groups (broad SMARTS) is 1. The summed E-state index contributed by atoms with van der Waals surface area (Å²) in [5, 5.41) is 8.70. The number of carboxylic acids is 1. The van der Waals surface area contributed by atoms with Gasteiger partial charge in [-0.2, -0.15) is 0 Å². The van der Waals surface area contributed by atoms with Crippen LogP contribution in [0.3, 0.4) is 0 Å². The number of aliphatic carboxylic acids is 1. The summed E-state index contributed by atoms with van der Waals surface area (Å²) in [6, 6.07) is 3.67. The molecule has 0 bridgehead atoms. The van der Waals surface area contributed by atoms with E-state index in [1.165, 1.54) is 12.1 Å². The molecule has 0 saturated heterocycles. The van der Waals surface area contributed by atoms with Gasteiger partial charge in [0.1, 0.15) is 0 Å². The first-order valence-corrected chi connectivity index (χ1v) is 4.42. The van der Waals surface area contributed by atoms with Crippen molar-refractivity contribution >= 4 is 18.4 Å². The average molecular weight is 252 g/mol. The van der Waals surface area contributed by atoms with Gasteiger partial charge in [0.05, 0.1) is 5.92 Å². The van der Waals surface area contributed by atoms with Crippen molar-refractivity contribution in [1.29, 1.82) is 0 Å². The molecule has 90 valence electrons.